The fraction of sp³-hybridized carbons (Fsp3) is 0.810. The molecule has 0 aromatic heterocycles. The average molecular weight is 416 g/mol. The third-order valence-electron chi connectivity index (χ3n) is 5.26. The number of ketones is 1. The van der Waals surface area contributed by atoms with Gasteiger partial charge in [0.1, 0.15) is 5.54 Å². The van der Waals surface area contributed by atoms with Gasteiger partial charge in [0, 0.05) is 12.6 Å². The van der Waals surface area contributed by atoms with Gasteiger partial charge in [0.05, 0.1) is 6.61 Å². The molecule has 1 aliphatic rings. The van der Waals surface area contributed by atoms with Gasteiger partial charge in [0.25, 0.3) is 0 Å². The molecule has 0 saturated carbocycles. The van der Waals surface area contributed by atoms with Crippen LogP contribution in [0.3, 0.4) is 0 Å². The van der Waals surface area contributed by atoms with Crippen molar-refractivity contribution >= 4 is 22.4 Å². The maximum absolute atomic E-state index is 12.8. The van der Waals surface area contributed by atoms with E-state index >= 15 is 0 Å². The van der Waals surface area contributed by atoms with Crippen LogP contribution in [0.2, 0.25) is 0 Å². The zero-order valence-corrected chi connectivity index (χ0v) is 18.3. The van der Waals surface area contributed by atoms with E-state index in [1.165, 1.54) is 44.9 Å². The summed E-state index contributed by atoms with van der Waals surface area (Å²) in [6, 6.07) is 0. The molecular formula is C21H37NO5S. The number of allylic oxidation sites excluding steroid dienone is 1. The van der Waals surface area contributed by atoms with E-state index in [1.54, 1.807) is 12.3 Å². The minimum absolute atomic E-state index is 0.0359. The predicted octanol–water partition coefficient (Wildman–Crippen LogP) is 5.09. The number of unbranched alkanes of at least 4 members (excludes halogenated alkanes) is 8. The van der Waals surface area contributed by atoms with Crippen molar-refractivity contribution < 1.29 is 21.9 Å². The molecule has 1 rings (SSSR count). The third-order valence-corrected chi connectivity index (χ3v) is 5.72. The Hall–Kier alpha value is -1.05. The molecule has 0 fully saturated rings. The standard InChI is InChI=1S/C21H37NO5S/c1-3-4-5-6-7-8-9-10-11-13-20(23)21(15-12-16-22-21)18-19(2)14-17-27-28(24,25)26/h12,15-16,19H,3-11,13-14,17-18H2,1-2H3,(H,24,25,26). The van der Waals surface area contributed by atoms with Crippen LogP contribution >= 0.6 is 0 Å². The summed E-state index contributed by atoms with van der Waals surface area (Å²) in [5, 5.41) is 0. The van der Waals surface area contributed by atoms with Gasteiger partial charge in [-0.15, -0.1) is 0 Å². The van der Waals surface area contributed by atoms with E-state index in [0.717, 1.165) is 12.8 Å². The molecule has 1 N–H and O–H groups in total. The molecular weight excluding hydrogens is 378 g/mol. The molecule has 0 aromatic rings. The van der Waals surface area contributed by atoms with E-state index in [2.05, 4.69) is 16.1 Å². The Bertz CT molecular complexity index is 600. The van der Waals surface area contributed by atoms with E-state index in [0.29, 0.717) is 19.3 Å². The number of aliphatic imine (C=N–C) groups is 1. The Morgan fingerprint density at radius 2 is 1.71 bits per heavy atom. The van der Waals surface area contributed by atoms with Crippen molar-refractivity contribution in [2.24, 2.45) is 10.9 Å². The van der Waals surface area contributed by atoms with Crippen LogP contribution in [-0.4, -0.2) is 37.1 Å². The molecule has 0 saturated heterocycles. The molecule has 0 radical (unpaired) electrons. The Kier molecular flexibility index (Phi) is 11.8. The lowest BCUT2D eigenvalue weighted by molar-refractivity contribution is -0.123. The number of carbonyl (C=O) groups excluding carboxylic acids is 1. The lowest BCUT2D eigenvalue weighted by Gasteiger charge is -2.26. The number of rotatable bonds is 17. The fourth-order valence-corrected chi connectivity index (χ4v) is 3.93. The highest BCUT2D eigenvalue weighted by molar-refractivity contribution is 7.80. The van der Waals surface area contributed by atoms with Gasteiger partial charge in [-0.1, -0.05) is 65.2 Å². The molecule has 0 amide bonds. The molecule has 0 aliphatic carbocycles. The smallest absolute Gasteiger partial charge is 0.297 e. The van der Waals surface area contributed by atoms with Gasteiger partial charge in [0.2, 0.25) is 0 Å². The van der Waals surface area contributed by atoms with Crippen LogP contribution in [0.5, 0.6) is 0 Å². The van der Waals surface area contributed by atoms with Crippen molar-refractivity contribution in [2.75, 3.05) is 6.61 Å². The molecule has 1 heterocycles. The molecule has 6 nitrogen and oxygen atoms in total. The Morgan fingerprint density at radius 3 is 2.25 bits per heavy atom. The van der Waals surface area contributed by atoms with Crippen molar-refractivity contribution in [1.82, 2.24) is 0 Å². The SMILES string of the molecule is CCCCCCCCCCCC(=O)C1(CC(C)CCOS(=O)(=O)O)C=CC=N1. The molecule has 2 unspecified atom stereocenters. The van der Waals surface area contributed by atoms with E-state index in [9.17, 15) is 13.2 Å². The van der Waals surface area contributed by atoms with E-state index in [4.69, 9.17) is 4.55 Å². The first-order valence-electron chi connectivity index (χ1n) is 10.7. The van der Waals surface area contributed by atoms with Crippen LogP contribution in [0.25, 0.3) is 0 Å². The second-order valence-electron chi connectivity index (χ2n) is 7.91. The maximum Gasteiger partial charge on any atom is 0.397 e. The monoisotopic (exact) mass is 415 g/mol. The van der Waals surface area contributed by atoms with Gasteiger partial charge in [-0.3, -0.25) is 14.3 Å². The van der Waals surface area contributed by atoms with Crippen LogP contribution in [0, 0.1) is 5.92 Å². The van der Waals surface area contributed by atoms with E-state index < -0.39 is 15.9 Å². The Morgan fingerprint density at radius 1 is 1.11 bits per heavy atom. The van der Waals surface area contributed by atoms with Gasteiger partial charge >= 0.3 is 10.4 Å². The second kappa shape index (κ2) is 13.2. The van der Waals surface area contributed by atoms with Gasteiger partial charge in [0.15, 0.2) is 5.78 Å². The molecule has 1 aliphatic heterocycles. The lowest BCUT2D eigenvalue weighted by Crippen LogP contribution is -2.35. The number of nitrogens with zero attached hydrogens (tertiary/aromatic N) is 1. The first kappa shape index (κ1) is 25.0. The largest absolute Gasteiger partial charge is 0.397 e. The van der Waals surface area contributed by atoms with Crippen LogP contribution < -0.4 is 0 Å². The van der Waals surface area contributed by atoms with E-state index in [-0.39, 0.29) is 18.3 Å². The van der Waals surface area contributed by atoms with Gasteiger partial charge < -0.3 is 0 Å². The summed E-state index contributed by atoms with van der Waals surface area (Å²) in [5.74, 6) is 0.164. The predicted molar refractivity (Wildman–Crippen MR) is 113 cm³/mol. The number of hydrogen-bond donors (Lipinski definition) is 1. The van der Waals surface area contributed by atoms with Gasteiger partial charge in [-0.05, 0) is 37.3 Å². The maximum atomic E-state index is 12.8. The summed E-state index contributed by atoms with van der Waals surface area (Å²) in [4.78, 5) is 17.2. The minimum atomic E-state index is -4.42. The zero-order valence-electron chi connectivity index (χ0n) is 17.4. The summed E-state index contributed by atoms with van der Waals surface area (Å²) in [5.41, 5.74) is -0.822. The minimum Gasteiger partial charge on any atom is -0.297 e. The zero-order chi connectivity index (χ0) is 20.9. The van der Waals surface area contributed by atoms with Crippen LogP contribution in [-0.2, 0) is 19.4 Å². The summed E-state index contributed by atoms with van der Waals surface area (Å²) in [7, 11) is -4.42. The molecule has 162 valence electrons. The highest BCUT2D eigenvalue weighted by Gasteiger charge is 2.37. The molecule has 7 heteroatoms. The Balaban J connectivity index is 2.30. The first-order chi connectivity index (χ1) is 13.3. The molecule has 0 aromatic carbocycles. The van der Waals surface area contributed by atoms with Gasteiger partial charge in [-0.25, -0.2) is 4.18 Å². The first-order valence-corrected chi connectivity index (χ1v) is 12.0. The fourth-order valence-electron chi connectivity index (χ4n) is 3.62. The summed E-state index contributed by atoms with van der Waals surface area (Å²) in [6.45, 7) is 4.06. The normalized spacial score (nSPS) is 20.0. The van der Waals surface area contributed by atoms with Crippen molar-refractivity contribution in [3.63, 3.8) is 0 Å². The summed E-state index contributed by atoms with van der Waals surface area (Å²) in [6.07, 6.45) is 17.7. The van der Waals surface area contributed by atoms with Crippen molar-refractivity contribution in [2.45, 2.75) is 96.4 Å². The molecule has 28 heavy (non-hydrogen) atoms. The number of carbonyl (C=O) groups is 1. The van der Waals surface area contributed by atoms with Crippen molar-refractivity contribution in [3.05, 3.63) is 12.2 Å². The highest BCUT2D eigenvalue weighted by atomic mass is 32.3. The van der Waals surface area contributed by atoms with Crippen LogP contribution in [0.15, 0.2) is 17.1 Å². The summed E-state index contributed by atoms with van der Waals surface area (Å²) < 4.78 is 34.3. The van der Waals surface area contributed by atoms with Crippen molar-refractivity contribution in [3.8, 4) is 0 Å². The Labute approximate surface area is 170 Å². The van der Waals surface area contributed by atoms with Gasteiger partial charge in [-0.2, -0.15) is 8.42 Å². The number of Topliss-reactive ketones (excluding diaryl/α,β-unsaturated/α-hetero) is 1. The summed E-state index contributed by atoms with van der Waals surface area (Å²) >= 11 is 0. The topological polar surface area (TPSA) is 93.0 Å². The lowest BCUT2D eigenvalue weighted by atomic mass is 9.82. The highest BCUT2D eigenvalue weighted by Crippen LogP contribution is 2.30. The van der Waals surface area contributed by atoms with Crippen molar-refractivity contribution in [1.29, 1.82) is 0 Å². The average Bonchev–Trinajstić information content (AvgIpc) is 3.08. The second-order valence-corrected chi connectivity index (χ2v) is 9.00. The van der Waals surface area contributed by atoms with Crippen LogP contribution in [0.1, 0.15) is 90.9 Å². The third kappa shape index (κ3) is 10.5. The van der Waals surface area contributed by atoms with E-state index in [1.807, 2.05) is 13.0 Å². The quantitative estimate of drug-likeness (QED) is 0.264. The molecule has 0 spiro atoms. The number of hydrogen-bond acceptors (Lipinski definition) is 5. The molecule has 0 bridgehead atoms. The van der Waals surface area contributed by atoms with Crippen LogP contribution in [0.4, 0.5) is 0 Å². The molecule has 2 atom stereocenters.